The van der Waals surface area contributed by atoms with Crippen molar-refractivity contribution in [2.24, 2.45) is 0 Å². The Morgan fingerprint density at radius 2 is 1.38 bits per heavy atom. The number of piperazine rings is 1. The SMILES string of the molecule is O=C(CN1CCN(C(=O)N2CCOCC2)CC1)NC1CCCCCCC1. The molecule has 0 aromatic rings. The summed E-state index contributed by atoms with van der Waals surface area (Å²) in [6, 6.07) is 0.471. The summed E-state index contributed by atoms with van der Waals surface area (Å²) in [7, 11) is 0. The number of ether oxygens (including phenoxy) is 1. The summed E-state index contributed by atoms with van der Waals surface area (Å²) in [6.45, 7) is 6.03. The van der Waals surface area contributed by atoms with Crippen LogP contribution in [-0.2, 0) is 9.53 Å². The lowest BCUT2D eigenvalue weighted by Gasteiger charge is -2.38. The molecule has 0 aromatic heterocycles. The van der Waals surface area contributed by atoms with Crippen molar-refractivity contribution < 1.29 is 14.3 Å². The molecule has 0 radical (unpaired) electrons. The molecule has 0 atom stereocenters. The molecule has 1 saturated carbocycles. The number of nitrogens with one attached hydrogen (secondary N) is 1. The van der Waals surface area contributed by atoms with Crippen LogP contribution in [0.2, 0.25) is 0 Å². The molecule has 3 rings (SSSR count). The van der Waals surface area contributed by atoms with E-state index < -0.39 is 0 Å². The quantitative estimate of drug-likeness (QED) is 0.817. The molecule has 148 valence electrons. The first-order chi connectivity index (χ1) is 12.7. The monoisotopic (exact) mass is 366 g/mol. The molecular weight excluding hydrogens is 332 g/mol. The summed E-state index contributed by atoms with van der Waals surface area (Å²) in [5.74, 6) is 0.142. The van der Waals surface area contributed by atoms with Crippen molar-refractivity contribution in [1.29, 1.82) is 0 Å². The van der Waals surface area contributed by atoms with E-state index in [1.54, 1.807) is 0 Å². The van der Waals surface area contributed by atoms with Gasteiger partial charge in [-0.05, 0) is 12.8 Å². The minimum absolute atomic E-state index is 0.118. The zero-order valence-corrected chi connectivity index (χ0v) is 16.0. The van der Waals surface area contributed by atoms with E-state index in [4.69, 9.17) is 4.74 Å². The van der Waals surface area contributed by atoms with Crippen molar-refractivity contribution in [3.8, 4) is 0 Å². The minimum atomic E-state index is 0.118. The summed E-state index contributed by atoms with van der Waals surface area (Å²) in [5, 5.41) is 3.24. The minimum Gasteiger partial charge on any atom is -0.378 e. The molecule has 2 aliphatic heterocycles. The van der Waals surface area contributed by atoms with Crippen LogP contribution < -0.4 is 5.32 Å². The van der Waals surface area contributed by atoms with Gasteiger partial charge in [0.2, 0.25) is 5.91 Å². The molecule has 0 aromatic carbocycles. The number of rotatable bonds is 3. The Labute approximate surface area is 157 Å². The van der Waals surface area contributed by atoms with E-state index in [1.807, 2.05) is 9.80 Å². The molecule has 3 fully saturated rings. The highest BCUT2D eigenvalue weighted by Crippen LogP contribution is 2.17. The van der Waals surface area contributed by atoms with Crippen molar-refractivity contribution in [3.63, 3.8) is 0 Å². The maximum Gasteiger partial charge on any atom is 0.320 e. The van der Waals surface area contributed by atoms with Crippen LogP contribution in [0, 0.1) is 0 Å². The van der Waals surface area contributed by atoms with E-state index in [-0.39, 0.29) is 11.9 Å². The second-order valence-corrected chi connectivity index (χ2v) is 7.75. The zero-order chi connectivity index (χ0) is 18.2. The van der Waals surface area contributed by atoms with Crippen molar-refractivity contribution in [1.82, 2.24) is 20.0 Å². The Balaban J connectivity index is 1.36. The third-order valence-electron chi connectivity index (χ3n) is 5.76. The number of carbonyl (C=O) groups is 2. The molecule has 7 nitrogen and oxygen atoms in total. The number of hydrogen-bond donors (Lipinski definition) is 1. The van der Waals surface area contributed by atoms with Crippen molar-refractivity contribution in [2.75, 3.05) is 59.0 Å². The predicted molar refractivity (Wildman–Crippen MR) is 100 cm³/mol. The molecular formula is C19H34N4O3. The maximum atomic E-state index is 12.5. The third-order valence-corrected chi connectivity index (χ3v) is 5.76. The first-order valence-electron chi connectivity index (χ1n) is 10.4. The fourth-order valence-electron chi connectivity index (χ4n) is 4.13. The predicted octanol–water partition coefficient (Wildman–Crippen LogP) is 1.29. The van der Waals surface area contributed by atoms with E-state index >= 15 is 0 Å². The Bertz CT molecular complexity index is 452. The highest BCUT2D eigenvalue weighted by molar-refractivity contribution is 5.78. The largest absolute Gasteiger partial charge is 0.378 e. The summed E-state index contributed by atoms with van der Waals surface area (Å²) >= 11 is 0. The van der Waals surface area contributed by atoms with Crippen molar-refractivity contribution in [2.45, 2.75) is 51.0 Å². The lowest BCUT2D eigenvalue weighted by atomic mass is 9.97. The molecule has 3 aliphatic rings. The van der Waals surface area contributed by atoms with Crippen LogP contribution >= 0.6 is 0 Å². The fraction of sp³-hybridized carbons (Fsp3) is 0.895. The van der Waals surface area contributed by atoms with Gasteiger partial charge in [0.1, 0.15) is 0 Å². The van der Waals surface area contributed by atoms with Gasteiger partial charge in [-0.15, -0.1) is 0 Å². The van der Waals surface area contributed by atoms with Crippen LogP contribution in [0.15, 0.2) is 0 Å². The van der Waals surface area contributed by atoms with Crippen molar-refractivity contribution in [3.05, 3.63) is 0 Å². The molecule has 2 saturated heterocycles. The van der Waals surface area contributed by atoms with Gasteiger partial charge in [0.05, 0.1) is 19.8 Å². The number of carbonyl (C=O) groups excluding carboxylic acids is 2. The van der Waals surface area contributed by atoms with Gasteiger partial charge in [-0.25, -0.2) is 4.79 Å². The molecule has 0 spiro atoms. The van der Waals surface area contributed by atoms with Gasteiger partial charge in [-0.3, -0.25) is 9.69 Å². The fourth-order valence-corrected chi connectivity index (χ4v) is 4.13. The number of amides is 3. The van der Waals surface area contributed by atoms with Crippen LogP contribution in [0.1, 0.15) is 44.9 Å². The summed E-state index contributed by atoms with van der Waals surface area (Å²) in [4.78, 5) is 30.8. The zero-order valence-electron chi connectivity index (χ0n) is 16.0. The lowest BCUT2D eigenvalue weighted by molar-refractivity contribution is -0.123. The van der Waals surface area contributed by atoms with E-state index in [1.165, 1.54) is 32.1 Å². The molecule has 26 heavy (non-hydrogen) atoms. The van der Waals surface area contributed by atoms with Gasteiger partial charge >= 0.3 is 6.03 Å². The normalized spacial score (nSPS) is 24.0. The number of urea groups is 1. The molecule has 0 unspecified atom stereocenters. The summed E-state index contributed by atoms with van der Waals surface area (Å²) in [6.07, 6.45) is 8.63. The molecule has 7 heteroatoms. The van der Waals surface area contributed by atoms with Gasteiger partial charge < -0.3 is 19.9 Å². The first-order valence-corrected chi connectivity index (χ1v) is 10.4. The van der Waals surface area contributed by atoms with Gasteiger partial charge in [0, 0.05) is 45.3 Å². The number of hydrogen-bond acceptors (Lipinski definition) is 4. The Hall–Kier alpha value is -1.34. The number of morpholine rings is 1. The highest BCUT2D eigenvalue weighted by atomic mass is 16.5. The van der Waals surface area contributed by atoms with E-state index in [0.717, 1.165) is 25.9 Å². The second kappa shape index (κ2) is 10.1. The van der Waals surface area contributed by atoms with E-state index in [0.29, 0.717) is 52.0 Å². The lowest BCUT2D eigenvalue weighted by Crippen LogP contribution is -2.56. The smallest absolute Gasteiger partial charge is 0.320 e. The molecule has 1 aliphatic carbocycles. The molecule has 1 N–H and O–H groups in total. The van der Waals surface area contributed by atoms with Gasteiger partial charge in [-0.2, -0.15) is 0 Å². The average Bonchev–Trinajstić information content (AvgIpc) is 2.64. The van der Waals surface area contributed by atoms with Gasteiger partial charge in [-0.1, -0.05) is 32.1 Å². The maximum absolute atomic E-state index is 12.5. The van der Waals surface area contributed by atoms with Crippen LogP contribution in [0.3, 0.4) is 0 Å². The van der Waals surface area contributed by atoms with E-state index in [2.05, 4.69) is 10.2 Å². The van der Waals surface area contributed by atoms with Crippen LogP contribution in [0.25, 0.3) is 0 Å². The standard InChI is InChI=1S/C19H34N4O3/c24-18(20-17-6-4-2-1-3-5-7-17)16-21-8-10-22(11-9-21)19(25)23-12-14-26-15-13-23/h17H,1-16H2,(H,20,24). The van der Waals surface area contributed by atoms with E-state index in [9.17, 15) is 9.59 Å². The topological polar surface area (TPSA) is 65.1 Å². The Morgan fingerprint density at radius 1 is 0.808 bits per heavy atom. The first kappa shape index (κ1) is 19.4. The van der Waals surface area contributed by atoms with Crippen LogP contribution in [-0.4, -0.2) is 91.7 Å². The second-order valence-electron chi connectivity index (χ2n) is 7.75. The summed E-state index contributed by atoms with van der Waals surface area (Å²) in [5.41, 5.74) is 0. The molecule has 0 bridgehead atoms. The Morgan fingerprint density at radius 3 is 2.04 bits per heavy atom. The molecule has 3 amide bonds. The molecule has 2 heterocycles. The Kier molecular flexibility index (Phi) is 7.55. The van der Waals surface area contributed by atoms with Gasteiger partial charge in [0.15, 0.2) is 0 Å². The van der Waals surface area contributed by atoms with Crippen molar-refractivity contribution >= 4 is 11.9 Å². The van der Waals surface area contributed by atoms with Crippen LogP contribution in [0.4, 0.5) is 4.79 Å². The third kappa shape index (κ3) is 5.84. The van der Waals surface area contributed by atoms with Gasteiger partial charge in [0.25, 0.3) is 0 Å². The highest BCUT2D eigenvalue weighted by Gasteiger charge is 2.27. The average molecular weight is 367 g/mol. The van der Waals surface area contributed by atoms with Crippen LogP contribution in [0.5, 0.6) is 0 Å². The number of nitrogens with zero attached hydrogens (tertiary/aromatic N) is 3. The summed E-state index contributed by atoms with van der Waals surface area (Å²) < 4.78 is 5.31.